The van der Waals surface area contributed by atoms with Crippen LogP contribution in [-0.2, 0) is 9.59 Å². The lowest BCUT2D eigenvalue weighted by molar-refractivity contribution is -0.133. The number of benzene rings is 1. The van der Waals surface area contributed by atoms with Crippen molar-refractivity contribution in [3.8, 4) is 0 Å². The number of carbonyl (C=O) groups excluding carboxylic acids is 2. The fraction of sp³-hybridized carbons (Fsp3) is 0.619. The van der Waals surface area contributed by atoms with E-state index in [2.05, 4.69) is 35.4 Å². The Kier molecular flexibility index (Phi) is 8.11. The number of likely N-dealkylation sites (tertiary alicyclic amines) is 1. The van der Waals surface area contributed by atoms with Gasteiger partial charge < -0.3 is 10.2 Å². The predicted octanol–water partition coefficient (Wildman–Crippen LogP) is 4.17. The zero-order chi connectivity index (χ0) is 20.0. The van der Waals surface area contributed by atoms with Crippen molar-refractivity contribution in [3.63, 3.8) is 0 Å². The Bertz CT molecular complexity index is 655. The van der Waals surface area contributed by atoms with Crippen LogP contribution in [-0.4, -0.2) is 41.9 Å². The van der Waals surface area contributed by atoms with Gasteiger partial charge in [0.1, 0.15) is 6.04 Å². The van der Waals surface area contributed by atoms with Crippen LogP contribution in [0, 0.1) is 0 Å². The normalized spacial score (nSPS) is 21.5. The largest absolute Gasteiger partial charge is 0.374 e. The summed E-state index contributed by atoms with van der Waals surface area (Å²) in [6.45, 7) is 10.7. The quantitative estimate of drug-likeness (QED) is 0.753. The molecule has 2 N–H and O–H groups in total. The molecule has 0 spiro atoms. The summed E-state index contributed by atoms with van der Waals surface area (Å²) >= 11 is 6.53. The van der Waals surface area contributed by atoms with E-state index in [4.69, 9.17) is 11.6 Å². The Morgan fingerprint density at radius 2 is 1.81 bits per heavy atom. The highest BCUT2D eigenvalue weighted by Crippen LogP contribution is 2.35. The molecule has 1 aromatic rings. The van der Waals surface area contributed by atoms with Crippen molar-refractivity contribution >= 4 is 29.1 Å². The Morgan fingerprint density at radius 3 is 2.37 bits per heavy atom. The van der Waals surface area contributed by atoms with Gasteiger partial charge in [0, 0.05) is 23.2 Å². The SMILES string of the molecule is CC.CC(C)N1CCC(c2ccc(NC3CCC(=O)NC3=O)cc2Cl)CC1. The summed E-state index contributed by atoms with van der Waals surface area (Å²) in [5.74, 6) is 0.0221. The maximum atomic E-state index is 11.9. The third-order valence-electron chi connectivity index (χ3n) is 5.28. The molecule has 2 fully saturated rings. The third kappa shape index (κ3) is 5.69. The molecule has 1 unspecified atom stereocenters. The predicted molar refractivity (Wildman–Crippen MR) is 111 cm³/mol. The number of amides is 2. The standard InChI is InChI=1S/C19H26ClN3O2.C2H6/c1-12(2)23-9-7-13(8-10-23)15-4-3-14(11-16(15)20)21-17-5-6-18(24)22-19(17)25;1-2/h3-4,11-13,17,21H,5-10H2,1-2H3,(H,22,24,25);1-2H3. The van der Waals surface area contributed by atoms with E-state index in [1.165, 1.54) is 5.56 Å². The summed E-state index contributed by atoms with van der Waals surface area (Å²) < 4.78 is 0. The van der Waals surface area contributed by atoms with Crippen molar-refractivity contribution < 1.29 is 9.59 Å². The van der Waals surface area contributed by atoms with Crippen molar-refractivity contribution in [2.75, 3.05) is 18.4 Å². The molecule has 3 rings (SSSR count). The Balaban J connectivity index is 0.00000126. The zero-order valence-corrected chi connectivity index (χ0v) is 17.6. The summed E-state index contributed by atoms with van der Waals surface area (Å²) in [4.78, 5) is 25.6. The molecule has 0 aromatic heterocycles. The summed E-state index contributed by atoms with van der Waals surface area (Å²) in [6.07, 6.45) is 3.12. The highest BCUT2D eigenvalue weighted by molar-refractivity contribution is 6.31. The molecule has 1 atom stereocenters. The van der Waals surface area contributed by atoms with Gasteiger partial charge in [-0.15, -0.1) is 0 Å². The molecule has 27 heavy (non-hydrogen) atoms. The zero-order valence-electron chi connectivity index (χ0n) is 16.8. The molecule has 2 amide bonds. The Hall–Kier alpha value is -1.59. The Labute approximate surface area is 167 Å². The molecule has 150 valence electrons. The monoisotopic (exact) mass is 393 g/mol. The molecule has 0 radical (unpaired) electrons. The van der Waals surface area contributed by atoms with Gasteiger partial charge in [-0.1, -0.05) is 31.5 Å². The molecule has 0 saturated carbocycles. The van der Waals surface area contributed by atoms with Crippen LogP contribution in [0.15, 0.2) is 18.2 Å². The van der Waals surface area contributed by atoms with Gasteiger partial charge in [0.05, 0.1) is 0 Å². The van der Waals surface area contributed by atoms with Crippen LogP contribution in [0.5, 0.6) is 0 Å². The van der Waals surface area contributed by atoms with Gasteiger partial charge in [-0.05, 0) is 69.8 Å². The van der Waals surface area contributed by atoms with E-state index in [0.717, 1.165) is 36.6 Å². The van der Waals surface area contributed by atoms with Crippen LogP contribution in [0.4, 0.5) is 5.69 Å². The van der Waals surface area contributed by atoms with Crippen molar-refractivity contribution in [1.82, 2.24) is 10.2 Å². The number of anilines is 1. The molecule has 2 aliphatic heterocycles. The number of imide groups is 1. The maximum absolute atomic E-state index is 11.9. The van der Waals surface area contributed by atoms with Gasteiger partial charge in [-0.25, -0.2) is 0 Å². The van der Waals surface area contributed by atoms with Crippen LogP contribution in [0.25, 0.3) is 0 Å². The highest BCUT2D eigenvalue weighted by atomic mass is 35.5. The number of carbonyl (C=O) groups is 2. The van der Waals surface area contributed by atoms with E-state index in [9.17, 15) is 9.59 Å². The summed E-state index contributed by atoms with van der Waals surface area (Å²) in [5, 5.41) is 6.30. The van der Waals surface area contributed by atoms with Gasteiger partial charge in [0.2, 0.25) is 11.8 Å². The fourth-order valence-corrected chi connectivity index (χ4v) is 4.04. The van der Waals surface area contributed by atoms with Crippen molar-refractivity contribution in [1.29, 1.82) is 0 Å². The van der Waals surface area contributed by atoms with Crippen LogP contribution in [0.3, 0.4) is 0 Å². The van der Waals surface area contributed by atoms with E-state index in [0.29, 0.717) is 24.8 Å². The fourth-order valence-electron chi connectivity index (χ4n) is 3.71. The lowest BCUT2D eigenvalue weighted by Crippen LogP contribution is -2.47. The molecule has 1 aromatic carbocycles. The average Bonchev–Trinajstić information content (AvgIpc) is 2.66. The van der Waals surface area contributed by atoms with Crippen molar-refractivity contribution in [2.24, 2.45) is 0 Å². The van der Waals surface area contributed by atoms with Gasteiger partial charge >= 0.3 is 0 Å². The molecular formula is C21H32ClN3O2. The minimum atomic E-state index is -0.381. The second-order valence-corrected chi connectivity index (χ2v) is 7.70. The first kappa shape index (κ1) is 21.7. The second kappa shape index (κ2) is 10.1. The van der Waals surface area contributed by atoms with E-state index in [1.807, 2.05) is 26.0 Å². The molecule has 2 saturated heterocycles. The minimum Gasteiger partial charge on any atom is -0.374 e. The number of hydrogen-bond donors (Lipinski definition) is 2. The second-order valence-electron chi connectivity index (χ2n) is 7.29. The number of halogens is 1. The first-order valence-electron chi connectivity index (χ1n) is 10.1. The van der Waals surface area contributed by atoms with Crippen LogP contribution in [0.2, 0.25) is 5.02 Å². The highest BCUT2D eigenvalue weighted by Gasteiger charge is 2.27. The van der Waals surface area contributed by atoms with E-state index in [-0.39, 0.29) is 17.9 Å². The van der Waals surface area contributed by atoms with Crippen LogP contribution in [0.1, 0.15) is 64.9 Å². The van der Waals surface area contributed by atoms with Crippen LogP contribution >= 0.6 is 11.6 Å². The molecular weight excluding hydrogens is 362 g/mol. The summed E-state index contributed by atoms with van der Waals surface area (Å²) in [6, 6.07) is 6.17. The Morgan fingerprint density at radius 1 is 1.15 bits per heavy atom. The average molecular weight is 394 g/mol. The molecule has 0 aliphatic carbocycles. The number of piperidine rings is 2. The van der Waals surface area contributed by atoms with Crippen molar-refractivity contribution in [2.45, 2.75) is 71.4 Å². The van der Waals surface area contributed by atoms with Gasteiger partial charge in [0.25, 0.3) is 0 Å². The smallest absolute Gasteiger partial charge is 0.249 e. The minimum absolute atomic E-state index is 0.204. The molecule has 0 bridgehead atoms. The van der Waals surface area contributed by atoms with Crippen LogP contribution < -0.4 is 10.6 Å². The van der Waals surface area contributed by atoms with E-state index in [1.54, 1.807) is 0 Å². The van der Waals surface area contributed by atoms with Crippen molar-refractivity contribution in [3.05, 3.63) is 28.8 Å². The summed E-state index contributed by atoms with van der Waals surface area (Å²) in [5.41, 5.74) is 2.02. The lowest BCUT2D eigenvalue weighted by atomic mass is 9.88. The van der Waals surface area contributed by atoms with Gasteiger partial charge in [0.15, 0.2) is 0 Å². The number of nitrogens with one attached hydrogen (secondary N) is 2. The first-order valence-corrected chi connectivity index (χ1v) is 10.5. The number of rotatable bonds is 4. The summed E-state index contributed by atoms with van der Waals surface area (Å²) in [7, 11) is 0. The first-order chi connectivity index (χ1) is 12.9. The molecule has 2 aliphatic rings. The van der Waals surface area contributed by atoms with E-state index >= 15 is 0 Å². The van der Waals surface area contributed by atoms with Gasteiger partial charge in [-0.2, -0.15) is 0 Å². The topological polar surface area (TPSA) is 61.4 Å². The third-order valence-corrected chi connectivity index (χ3v) is 5.61. The maximum Gasteiger partial charge on any atom is 0.249 e. The molecule has 5 nitrogen and oxygen atoms in total. The molecule has 6 heteroatoms. The molecule has 2 heterocycles. The van der Waals surface area contributed by atoms with E-state index < -0.39 is 0 Å². The van der Waals surface area contributed by atoms with Gasteiger partial charge in [-0.3, -0.25) is 14.9 Å². The number of hydrogen-bond acceptors (Lipinski definition) is 4. The number of nitrogens with zero attached hydrogens (tertiary/aromatic N) is 1. The lowest BCUT2D eigenvalue weighted by Gasteiger charge is -2.35.